The Kier molecular flexibility index (Phi) is 5.51. The number of hydrogen-bond donors (Lipinski definition) is 0. The van der Waals surface area contributed by atoms with Crippen molar-refractivity contribution in [1.29, 1.82) is 0 Å². The van der Waals surface area contributed by atoms with Crippen molar-refractivity contribution in [3.8, 4) is 34.2 Å². The highest BCUT2D eigenvalue weighted by Crippen LogP contribution is 2.38. The van der Waals surface area contributed by atoms with Crippen LogP contribution in [0.1, 0.15) is 0 Å². The summed E-state index contributed by atoms with van der Waals surface area (Å²) in [6.07, 6.45) is 1.75. The van der Waals surface area contributed by atoms with E-state index in [-0.39, 0.29) is 0 Å². The molecule has 5 heteroatoms. The first kappa shape index (κ1) is 25.8. The Morgan fingerprint density at radius 2 is 1.04 bits per heavy atom. The Hall–Kier alpha value is -6.46. The first-order chi connectivity index (χ1) is 23.3. The number of benzene rings is 7. The average Bonchev–Trinajstić information content (AvgIpc) is 3.53. The zero-order valence-electron chi connectivity index (χ0n) is 25.1. The zero-order chi connectivity index (χ0) is 30.9. The van der Waals surface area contributed by atoms with Gasteiger partial charge in [0.15, 0.2) is 17.5 Å². The molecule has 0 saturated carbocycles. The molecule has 0 N–H and O–H groups in total. The number of nitrogens with zero attached hydrogens (tertiary/aromatic N) is 4. The van der Waals surface area contributed by atoms with Crippen molar-refractivity contribution in [2.75, 3.05) is 0 Å². The number of fused-ring (bicyclic) bond motifs is 9. The summed E-state index contributed by atoms with van der Waals surface area (Å²) in [7, 11) is 0. The van der Waals surface area contributed by atoms with E-state index in [1.807, 2.05) is 30.3 Å². The molecule has 0 saturated heterocycles. The highest BCUT2D eigenvalue weighted by atomic mass is 16.3. The number of rotatable bonds is 3. The molecule has 0 amide bonds. The molecule has 47 heavy (non-hydrogen) atoms. The van der Waals surface area contributed by atoms with Gasteiger partial charge in [-0.1, -0.05) is 109 Å². The molecular weight excluding hydrogens is 576 g/mol. The minimum atomic E-state index is 0.582. The highest BCUT2D eigenvalue weighted by Gasteiger charge is 2.19. The van der Waals surface area contributed by atoms with E-state index < -0.39 is 0 Å². The minimum Gasteiger partial charge on any atom is -0.438 e. The van der Waals surface area contributed by atoms with E-state index in [2.05, 4.69) is 114 Å². The molecule has 5 nitrogen and oxygen atoms in total. The average molecular weight is 601 g/mol. The Morgan fingerprint density at radius 3 is 1.89 bits per heavy atom. The molecule has 0 spiro atoms. The molecule has 10 rings (SSSR count). The Labute approximate surface area is 268 Å². The van der Waals surface area contributed by atoms with E-state index in [0.29, 0.717) is 23.2 Å². The largest absolute Gasteiger partial charge is 0.438 e. The third-order valence-corrected chi connectivity index (χ3v) is 9.14. The number of hydrogen-bond acceptors (Lipinski definition) is 5. The summed E-state index contributed by atoms with van der Waals surface area (Å²) in [5.41, 5.74) is 4.06. The van der Waals surface area contributed by atoms with Gasteiger partial charge in [-0.3, -0.25) is 0 Å². The Bertz CT molecular complexity index is 2870. The van der Waals surface area contributed by atoms with Gasteiger partial charge < -0.3 is 4.42 Å². The molecule has 0 bridgehead atoms. The second-order valence-corrected chi connectivity index (χ2v) is 11.9. The van der Waals surface area contributed by atoms with E-state index in [9.17, 15) is 0 Å². The van der Waals surface area contributed by atoms with Crippen LogP contribution in [0.2, 0.25) is 0 Å². The molecule has 0 aliphatic rings. The first-order valence-corrected chi connectivity index (χ1v) is 15.6. The van der Waals surface area contributed by atoms with E-state index >= 15 is 0 Å². The summed E-state index contributed by atoms with van der Waals surface area (Å²) < 4.78 is 6.13. The van der Waals surface area contributed by atoms with E-state index in [1.54, 1.807) is 6.20 Å². The van der Waals surface area contributed by atoms with Gasteiger partial charge in [-0.25, -0.2) is 19.9 Å². The van der Waals surface area contributed by atoms with Crippen LogP contribution in [0.5, 0.6) is 0 Å². The minimum absolute atomic E-state index is 0.582. The van der Waals surface area contributed by atoms with Gasteiger partial charge in [-0.15, -0.1) is 0 Å². The van der Waals surface area contributed by atoms with E-state index in [4.69, 9.17) is 19.4 Å². The van der Waals surface area contributed by atoms with Crippen molar-refractivity contribution < 1.29 is 4.42 Å². The van der Waals surface area contributed by atoms with Crippen molar-refractivity contribution in [2.45, 2.75) is 0 Å². The number of aromatic nitrogens is 4. The van der Waals surface area contributed by atoms with Gasteiger partial charge in [0, 0.05) is 33.7 Å². The maximum atomic E-state index is 6.13. The molecule has 7 aromatic carbocycles. The van der Waals surface area contributed by atoms with Crippen molar-refractivity contribution in [3.63, 3.8) is 0 Å². The van der Waals surface area contributed by atoms with Gasteiger partial charge in [0.05, 0.1) is 0 Å². The normalized spacial score (nSPS) is 11.8. The maximum Gasteiger partial charge on any atom is 0.227 e. The zero-order valence-corrected chi connectivity index (χ0v) is 25.1. The SMILES string of the molecule is c1ccc2cc(-c3nc(-c4ccc5ccc6ccc7ccccc7c6c5c4)nc(-c4cccc5oc6ncccc6c45)n3)ccc2c1. The molecule has 0 atom stereocenters. The van der Waals surface area contributed by atoms with Crippen LogP contribution in [0, 0.1) is 0 Å². The van der Waals surface area contributed by atoms with Crippen LogP contribution in [0.25, 0.3) is 99.3 Å². The lowest BCUT2D eigenvalue weighted by atomic mass is 9.95. The lowest BCUT2D eigenvalue weighted by Gasteiger charge is -2.12. The van der Waals surface area contributed by atoms with Crippen molar-refractivity contribution in [1.82, 2.24) is 19.9 Å². The highest BCUT2D eigenvalue weighted by molar-refractivity contribution is 6.20. The van der Waals surface area contributed by atoms with Crippen molar-refractivity contribution in [3.05, 3.63) is 146 Å². The van der Waals surface area contributed by atoms with Crippen molar-refractivity contribution >= 4 is 65.2 Å². The molecule has 0 aliphatic heterocycles. The molecule has 218 valence electrons. The predicted molar refractivity (Wildman–Crippen MR) is 191 cm³/mol. The fourth-order valence-corrected chi connectivity index (χ4v) is 6.89. The van der Waals surface area contributed by atoms with E-state index in [0.717, 1.165) is 38.4 Å². The first-order valence-electron chi connectivity index (χ1n) is 15.6. The molecule has 0 unspecified atom stereocenters. The van der Waals surface area contributed by atoms with Gasteiger partial charge in [-0.2, -0.15) is 0 Å². The third kappa shape index (κ3) is 4.10. The molecule has 0 radical (unpaired) electrons. The molecular formula is C42H24N4O. The van der Waals surface area contributed by atoms with Gasteiger partial charge in [0.1, 0.15) is 5.58 Å². The van der Waals surface area contributed by atoms with Crippen LogP contribution in [0.4, 0.5) is 0 Å². The van der Waals surface area contributed by atoms with Gasteiger partial charge >= 0.3 is 0 Å². The fraction of sp³-hybridized carbons (Fsp3) is 0. The molecule has 10 aromatic rings. The molecule has 3 heterocycles. The summed E-state index contributed by atoms with van der Waals surface area (Å²) in [6, 6.07) is 48.5. The van der Waals surface area contributed by atoms with Gasteiger partial charge in [0.25, 0.3) is 0 Å². The number of pyridine rings is 1. The smallest absolute Gasteiger partial charge is 0.227 e. The topological polar surface area (TPSA) is 64.7 Å². The van der Waals surface area contributed by atoms with Crippen LogP contribution >= 0.6 is 0 Å². The number of furan rings is 1. The summed E-state index contributed by atoms with van der Waals surface area (Å²) in [5, 5.41) is 11.4. The lowest BCUT2D eigenvalue weighted by Crippen LogP contribution is -2.00. The quantitative estimate of drug-likeness (QED) is 0.189. The Morgan fingerprint density at radius 1 is 0.404 bits per heavy atom. The Balaban J connectivity index is 1.26. The van der Waals surface area contributed by atoms with Crippen LogP contribution in [-0.4, -0.2) is 19.9 Å². The van der Waals surface area contributed by atoms with Crippen LogP contribution in [0.3, 0.4) is 0 Å². The van der Waals surface area contributed by atoms with Crippen LogP contribution < -0.4 is 0 Å². The maximum absolute atomic E-state index is 6.13. The van der Waals surface area contributed by atoms with E-state index in [1.165, 1.54) is 37.7 Å². The van der Waals surface area contributed by atoms with Crippen LogP contribution in [0.15, 0.2) is 150 Å². The summed E-state index contributed by atoms with van der Waals surface area (Å²) >= 11 is 0. The fourth-order valence-electron chi connectivity index (χ4n) is 6.89. The standard InChI is InChI=1S/C42H24N4O/c1-2-9-29-23-30(20-14-25(29)7-1)39-44-40(46-41(45-39)33-11-5-13-36-38(33)34-12-6-22-43-42(34)47-36)31-21-17-27-16-19-28-18-15-26-8-3-4-10-32(26)37(28)35(27)24-31/h1-24H. The second kappa shape index (κ2) is 10.0. The summed E-state index contributed by atoms with van der Waals surface area (Å²) in [5.74, 6) is 1.81. The predicted octanol–water partition coefficient (Wildman–Crippen LogP) is 10.8. The molecule has 3 aromatic heterocycles. The molecule has 0 fully saturated rings. The summed E-state index contributed by atoms with van der Waals surface area (Å²) in [6.45, 7) is 0. The van der Waals surface area contributed by atoms with Gasteiger partial charge in [-0.05, 0) is 73.4 Å². The van der Waals surface area contributed by atoms with Crippen molar-refractivity contribution in [2.24, 2.45) is 0 Å². The molecule has 0 aliphatic carbocycles. The van der Waals surface area contributed by atoms with Crippen LogP contribution in [-0.2, 0) is 0 Å². The van der Waals surface area contributed by atoms with Gasteiger partial charge in [0.2, 0.25) is 5.71 Å². The lowest BCUT2D eigenvalue weighted by molar-refractivity contribution is 0.654. The summed E-state index contributed by atoms with van der Waals surface area (Å²) in [4.78, 5) is 19.9. The monoisotopic (exact) mass is 600 g/mol. The second-order valence-electron chi connectivity index (χ2n) is 11.9. The third-order valence-electron chi connectivity index (χ3n) is 9.14.